The predicted molar refractivity (Wildman–Crippen MR) is 61.0 cm³/mol. The fourth-order valence-corrected chi connectivity index (χ4v) is 1.67. The molecular formula is C9H8N3O5P. The fourth-order valence-electron chi connectivity index (χ4n) is 1.32. The number of hydrogen-bond donors (Lipinski definition) is 3. The molecule has 0 saturated carbocycles. The number of carbonyl (C=O) groups is 1. The van der Waals surface area contributed by atoms with Crippen molar-refractivity contribution in [2.24, 2.45) is 0 Å². The Balaban J connectivity index is 2.55. The molecule has 18 heavy (non-hydrogen) atoms. The van der Waals surface area contributed by atoms with Gasteiger partial charge in [0.25, 0.3) is 0 Å². The normalized spacial score (nSPS) is 12.3. The van der Waals surface area contributed by atoms with Gasteiger partial charge in [-0.25, -0.2) is 14.8 Å². The lowest BCUT2D eigenvalue weighted by atomic mass is 10.4. The first kappa shape index (κ1) is 12.4. The van der Waals surface area contributed by atoms with E-state index < -0.39 is 13.6 Å². The molecule has 0 spiro atoms. The number of fused-ring (bicyclic) bond motifs is 1. The molecule has 0 saturated heterocycles. The van der Waals surface area contributed by atoms with E-state index in [2.05, 4.69) is 9.97 Å². The van der Waals surface area contributed by atoms with Gasteiger partial charge in [0, 0.05) is 18.2 Å². The third-order valence-corrected chi connectivity index (χ3v) is 2.60. The summed E-state index contributed by atoms with van der Waals surface area (Å²) in [4.78, 5) is 35.8. The third-order valence-electron chi connectivity index (χ3n) is 2.06. The van der Waals surface area contributed by atoms with E-state index in [4.69, 9.17) is 14.9 Å². The highest BCUT2D eigenvalue weighted by Crippen LogP contribution is 2.36. The quantitative estimate of drug-likeness (QED) is 0.695. The van der Waals surface area contributed by atoms with Crippen molar-refractivity contribution in [3.8, 4) is 0 Å². The van der Waals surface area contributed by atoms with Gasteiger partial charge in [-0.3, -0.25) is 8.97 Å². The molecule has 0 aliphatic heterocycles. The van der Waals surface area contributed by atoms with Crippen molar-refractivity contribution >= 4 is 25.4 Å². The number of aromatic nitrogens is 3. The average Bonchev–Trinajstić information content (AvgIpc) is 2.69. The van der Waals surface area contributed by atoms with Crippen LogP contribution in [-0.4, -0.2) is 35.2 Å². The van der Waals surface area contributed by atoms with Crippen LogP contribution in [0.3, 0.4) is 0 Å². The summed E-state index contributed by atoms with van der Waals surface area (Å²) in [5.41, 5.74) is 0.169. The molecule has 2 heterocycles. The first-order chi connectivity index (χ1) is 8.37. The third kappa shape index (κ3) is 2.62. The number of carboxylic acid groups (broad SMARTS) is 1. The van der Waals surface area contributed by atoms with Crippen molar-refractivity contribution in [2.75, 3.05) is 0 Å². The van der Waals surface area contributed by atoms with Crippen molar-refractivity contribution in [2.45, 2.75) is 0 Å². The van der Waals surface area contributed by atoms with Crippen LogP contribution in [-0.2, 0) is 4.57 Å². The number of hydrogen-bond acceptors (Lipinski definition) is 4. The van der Waals surface area contributed by atoms with Crippen molar-refractivity contribution in [1.29, 1.82) is 0 Å². The Bertz CT molecular complexity index is 687. The van der Waals surface area contributed by atoms with Crippen LogP contribution >= 0.6 is 7.60 Å². The van der Waals surface area contributed by atoms with Gasteiger partial charge >= 0.3 is 13.6 Å². The van der Waals surface area contributed by atoms with E-state index in [1.807, 2.05) is 0 Å². The molecule has 0 bridgehead atoms. The molecule has 0 amide bonds. The zero-order valence-corrected chi connectivity index (χ0v) is 9.73. The van der Waals surface area contributed by atoms with E-state index in [0.717, 1.165) is 5.82 Å². The highest BCUT2D eigenvalue weighted by atomic mass is 31.2. The molecule has 0 aromatic carbocycles. The molecule has 0 unspecified atom stereocenters. The van der Waals surface area contributed by atoms with E-state index >= 15 is 0 Å². The van der Waals surface area contributed by atoms with Crippen molar-refractivity contribution in [1.82, 2.24) is 14.4 Å². The van der Waals surface area contributed by atoms with E-state index in [9.17, 15) is 9.36 Å². The molecule has 8 nitrogen and oxygen atoms in total. The van der Waals surface area contributed by atoms with Crippen LogP contribution in [0.25, 0.3) is 11.9 Å². The smallest absolute Gasteiger partial charge is 0.356 e. The lowest BCUT2D eigenvalue weighted by molar-refractivity contribution is 0.0691. The summed E-state index contributed by atoms with van der Waals surface area (Å²) in [6.45, 7) is 0. The van der Waals surface area contributed by atoms with Gasteiger partial charge in [0.15, 0.2) is 5.69 Å². The summed E-state index contributed by atoms with van der Waals surface area (Å²) < 4.78 is 12.1. The van der Waals surface area contributed by atoms with Crippen LogP contribution in [0.15, 0.2) is 24.3 Å². The van der Waals surface area contributed by atoms with Gasteiger partial charge < -0.3 is 14.9 Å². The van der Waals surface area contributed by atoms with E-state index in [1.54, 1.807) is 0 Å². The Kier molecular flexibility index (Phi) is 3.00. The van der Waals surface area contributed by atoms with Crippen LogP contribution in [0.5, 0.6) is 0 Å². The first-order valence-electron chi connectivity index (χ1n) is 4.69. The number of aromatic carboxylic acids is 1. The maximum atomic E-state index is 10.8. The zero-order chi connectivity index (χ0) is 13.3. The van der Waals surface area contributed by atoms with Crippen LogP contribution in [0.4, 0.5) is 0 Å². The van der Waals surface area contributed by atoms with Crippen molar-refractivity contribution in [3.05, 3.63) is 35.7 Å². The summed E-state index contributed by atoms with van der Waals surface area (Å²) in [6, 6.07) is 1.48. The minimum atomic E-state index is -4.27. The molecule has 2 rings (SSSR count). The number of rotatable bonds is 3. The van der Waals surface area contributed by atoms with Gasteiger partial charge in [-0.05, 0) is 12.1 Å². The largest absolute Gasteiger partial charge is 0.476 e. The van der Waals surface area contributed by atoms with E-state index in [-0.39, 0.29) is 11.5 Å². The highest BCUT2D eigenvalue weighted by Gasteiger charge is 2.11. The molecule has 2 aromatic rings. The second-order valence-electron chi connectivity index (χ2n) is 3.38. The Morgan fingerprint density at radius 3 is 2.78 bits per heavy atom. The lowest BCUT2D eigenvalue weighted by Gasteiger charge is -1.99. The van der Waals surface area contributed by atoms with Crippen LogP contribution < -0.4 is 0 Å². The standard InChI is InChI=1S/C9H8N3O5P/c13-8(14)7-5-12-6(2-4-18(15,16)17)1-3-10-9(12)11-7/h1-5H,(H,13,14)(H2,15,16,17)/b4-2+. The number of carboxylic acids is 1. The van der Waals surface area contributed by atoms with Gasteiger partial charge in [0.2, 0.25) is 5.78 Å². The molecule has 94 valence electrons. The lowest BCUT2D eigenvalue weighted by Crippen LogP contribution is -1.95. The summed E-state index contributed by atoms with van der Waals surface area (Å²) in [6.07, 6.45) is 3.78. The second-order valence-corrected chi connectivity index (χ2v) is 4.85. The van der Waals surface area contributed by atoms with E-state index in [0.29, 0.717) is 5.69 Å². The zero-order valence-electron chi connectivity index (χ0n) is 8.83. The second kappa shape index (κ2) is 4.34. The SMILES string of the molecule is O=C(O)c1cn2c(/C=C/P(=O)(O)O)ccnc2n1. The summed E-state index contributed by atoms with van der Waals surface area (Å²) in [5.74, 6) is -0.340. The summed E-state index contributed by atoms with van der Waals surface area (Å²) in [5, 5.41) is 8.79. The van der Waals surface area contributed by atoms with E-state index in [1.165, 1.54) is 28.9 Å². The Morgan fingerprint density at radius 1 is 1.44 bits per heavy atom. The van der Waals surface area contributed by atoms with Gasteiger partial charge in [0.1, 0.15) is 0 Å². The Hall–Kier alpha value is -2.02. The molecule has 0 aliphatic rings. The van der Waals surface area contributed by atoms with Crippen molar-refractivity contribution < 1.29 is 24.3 Å². The fraction of sp³-hybridized carbons (Fsp3) is 0. The van der Waals surface area contributed by atoms with Crippen molar-refractivity contribution in [3.63, 3.8) is 0 Å². The highest BCUT2D eigenvalue weighted by molar-refractivity contribution is 7.55. The molecule has 0 aliphatic carbocycles. The van der Waals surface area contributed by atoms with Crippen LogP contribution in [0, 0.1) is 0 Å². The van der Waals surface area contributed by atoms with Crippen LogP contribution in [0.1, 0.15) is 16.2 Å². The maximum absolute atomic E-state index is 10.8. The summed E-state index contributed by atoms with van der Waals surface area (Å²) >= 11 is 0. The first-order valence-corrected chi connectivity index (χ1v) is 6.37. The van der Waals surface area contributed by atoms with Gasteiger partial charge in [-0.2, -0.15) is 0 Å². The molecule has 0 radical (unpaired) electrons. The number of nitrogens with zero attached hydrogens (tertiary/aromatic N) is 3. The monoisotopic (exact) mass is 269 g/mol. The number of imidazole rings is 1. The van der Waals surface area contributed by atoms with Gasteiger partial charge in [-0.15, -0.1) is 0 Å². The van der Waals surface area contributed by atoms with Crippen LogP contribution in [0.2, 0.25) is 0 Å². The molecule has 3 N–H and O–H groups in total. The average molecular weight is 269 g/mol. The predicted octanol–water partition coefficient (Wildman–Crippen LogP) is 0.576. The minimum absolute atomic E-state index is 0.139. The summed E-state index contributed by atoms with van der Waals surface area (Å²) in [7, 11) is -4.27. The van der Waals surface area contributed by atoms with Gasteiger partial charge in [-0.1, -0.05) is 0 Å². The topological polar surface area (TPSA) is 125 Å². The molecular weight excluding hydrogens is 261 g/mol. The van der Waals surface area contributed by atoms with Gasteiger partial charge in [0.05, 0.1) is 5.69 Å². The Morgan fingerprint density at radius 2 is 2.17 bits per heavy atom. The molecule has 9 heteroatoms. The molecule has 0 atom stereocenters. The molecule has 0 fully saturated rings. The molecule has 2 aromatic heterocycles. The Labute approximate surface area is 100 Å². The maximum Gasteiger partial charge on any atom is 0.356 e. The minimum Gasteiger partial charge on any atom is -0.476 e.